The predicted octanol–water partition coefficient (Wildman–Crippen LogP) is 4.80. The van der Waals surface area contributed by atoms with Crippen molar-refractivity contribution in [3.63, 3.8) is 0 Å². The molecule has 3 rings (SSSR count). The summed E-state index contributed by atoms with van der Waals surface area (Å²) in [5, 5.41) is 6.93. The molecule has 2 N–H and O–H groups in total. The number of aromatic nitrogens is 1. The van der Waals surface area contributed by atoms with Crippen LogP contribution in [0.4, 0.5) is 13.9 Å². The highest BCUT2D eigenvalue weighted by Crippen LogP contribution is 2.27. The number of benzene rings is 1. The number of rotatable bonds is 7. The highest BCUT2D eigenvalue weighted by molar-refractivity contribution is 7.15. The van der Waals surface area contributed by atoms with E-state index in [0.717, 1.165) is 23.8 Å². The molecule has 1 aliphatic carbocycles. The van der Waals surface area contributed by atoms with Crippen molar-refractivity contribution in [3.05, 3.63) is 46.0 Å². The van der Waals surface area contributed by atoms with Gasteiger partial charge in [0.05, 0.1) is 6.04 Å². The number of carbonyl (C=O) groups is 1. The summed E-state index contributed by atoms with van der Waals surface area (Å²) in [6.45, 7) is 6.21. The summed E-state index contributed by atoms with van der Waals surface area (Å²) in [4.78, 5) is 18.2. The molecule has 1 amide bonds. The van der Waals surface area contributed by atoms with E-state index in [1.54, 1.807) is 6.20 Å². The van der Waals surface area contributed by atoms with Gasteiger partial charge < -0.3 is 10.6 Å². The molecule has 0 aliphatic heterocycles. The van der Waals surface area contributed by atoms with Crippen molar-refractivity contribution in [1.82, 2.24) is 10.3 Å². The molecule has 2 atom stereocenters. The van der Waals surface area contributed by atoms with Crippen molar-refractivity contribution in [2.75, 3.05) is 5.32 Å². The Kier molecular flexibility index (Phi) is 6.78. The van der Waals surface area contributed by atoms with Crippen LogP contribution in [-0.4, -0.2) is 23.0 Å². The normalized spacial score (nSPS) is 17.4. The Labute approximate surface area is 168 Å². The number of nitrogens with one attached hydrogen (secondary N) is 2. The third-order valence-corrected chi connectivity index (χ3v) is 6.33. The molecule has 0 radical (unpaired) electrons. The Bertz CT molecular complexity index is 837. The molecule has 7 heteroatoms. The lowest BCUT2D eigenvalue weighted by Gasteiger charge is -2.29. The van der Waals surface area contributed by atoms with E-state index in [9.17, 15) is 13.6 Å². The summed E-state index contributed by atoms with van der Waals surface area (Å²) >= 11 is 1.49. The van der Waals surface area contributed by atoms with E-state index in [-0.39, 0.29) is 18.0 Å². The van der Waals surface area contributed by atoms with Crippen LogP contribution in [0.5, 0.6) is 0 Å². The van der Waals surface area contributed by atoms with Gasteiger partial charge in [0.25, 0.3) is 0 Å². The second-order valence-corrected chi connectivity index (χ2v) is 8.75. The van der Waals surface area contributed by atoms with E-state index in [1.165, 1.54) is 17.4 Å². The topological polar surface area (TPSA) is 54.0 Å². The number of nitrogens with zero attached hydrogens (tertiary/aromatic N) is 1. The van der Waals surface area contributed by atoms with Crippen molar-refractivity contribution in [2.24, 2.45) is 0 Å². The molecule has 1 aliphatic rings. The molecule has 4 nitrogen and oxygen atoms in total. The van der Waals surface area contributed by atoms with E-state index >= 15 is 0 Å². The maximum absolute atomic E-state index is 13.9. The minimum absolute atomic E-state index is 0.0125. The summed E-state index contributed by atoms with van der Waals surface area (Å²) < 4.78 is 27.5. The monoisotopic (exact) mass is 407 g/mol. The van der Waals surface area contributed by atoms with E-state index in [4.69, 9.17) is 0 Å². The van der Waals surface area contributed by atoms with Gasteiger partial charge in [0.1, 0.15) is 11.6 Å². The van der Waals surface area contributed by atoms with Crippen molar-refractivity contribution < 1.29 is 13.6 Å². The minimum Gasteiger partial charge on any atom is -0.303 e. The lowest BCUT2D eigenvalue weighted by atomic mass is 9.87. The van der Waals surface area contributed by atoms with E-state index < -0.39 is 11.6 Å². The summed E-state index contributed by atoms with van der Waals surface area (Å²) in [5.74, 6) is -0.760. The maximum atomic E-state index is 13.9. The molecule has 0 saturated carbocycles. The first kappa shape index (κ1) is 20.9. The molecule has 0 saturated heterocycles. The van der Waals surface area contributed by atoms with Crippen LogP contribution in [0, 0.1) is 11.6 Å². The van der Waals surface area contributed by atoms with Gasteiger partial charge in [0, 0.05) is 23.2 Å². The van der Waals surface area contributed by atoms with Crippen LogP contribution in [-0.2, 0) is 17.6 Å². The van der Waals surface area contributed by atoms with Gasteiger partial charge >= 0.3 is 0 Å². The van der Waals surface area contributed by atoms with Crippen LogP contribution in [0.3, 0.4) is 0 Å². The number of thiazole rings is 1. The molecule has 1 heterocycles. The fourth-order valence-corrected chi connectivity index (χ4v) is 4.44. The predicted molar refractivity (Wildman–Crippen MR) is 109 cm³/mol. The van der Waals surface area contributed by atoms with Gasteiger partial charge in [-0.25, -0.2) is 13.8 Å². The molecular weight excluding hydrogens is 380 g/mol. The van der Waals surface area contributed by atoms with Crippen LogP contribution in [0.25, 0.3) is 0 Å². The van der Waals surface area contributed by atoms with Gasteiger partial charge in [-0.1, -0.05) is 27.2 Å². The lowest BCUT2D eigenvalue weighted by Crippen LogP contribution is -2.47. The largest absolute Gasteiger partial charge is 0.303 e. The summed E-state index contributed by atoms with van der Waals surface area (Å²) in [6, 6.07) is 2.00. The molecule has 0 fully saturated rings. The number of anilines is 1. The Morgan fingerprint density at radius 2 is 2.14 bits per heavy atom. The average Bonchev–Trinajstić information content (AvgIpc) is 3.09. The molecule has 1 aromatic heterocycles. The second-order valence-electron chi connectivity index (χ2n) is 7.68. The molecule has 2 aromatic rings. The van der Waals surface area contributed by atoms with Crippen molar-refractivity contribution in [3.8, 4) is 0 Å². The maximum Gasteiger partial charge on any atom is 0.243 e. The number of hydrogen-bond acceptors (Lipinski definition) is 4. The van der Waals surface area contributed by atoms with Crippen LogP contribution >= 0.6 is 11.3 Å². The van der Waals surface area contributed by atoms with Gasteiger partial charge in [-0.05, 0) is 48.8 Å². The number of hydrogen-bond donors (Lipinski definition) is 2. The second kappa shape index (κ2) is 9.09. The van der Waals surface area contributed by atoms with Crippen molar-refractivity contribution in [2.45, 2.75) is 70.9 Å². The van der Waals surface area contributed by atoms with Crippen molar-refractivity contribution in [1.29, 1.82) is 0 Å². The van der Waals surface area contributed by atoms with Gasteiger partial charge in [-0.15, -0.1) is 11.3 Å². The van der Waals surface area contributed by atoms with E-state index in [1.807, 2.05) is 6.92 Å². The van der Waals surface area contributed by atoms with Crippen LogP contribution in [0.2, 0.25) is 0 Å². The molecule has 28 heavy (non-hydrogen) atoms. The van der Waals surface area contributed by atoms with Gasteiger partial charge in [-0.2, -0.15) is 0 Å². The third kappa shape index (κ3) is 4.94. The molecule has 0 spiro atoms. The van der Waals surface area contributed by atoms with E-state index in [0.29, 0.717) is 41.4 Å². The standard InChI is InChI=1S/C21H27F2N3OS/c1-4-5-18(20(27)26-21-24-11-19(28-21)12(2)3)25-15-6-7-16-13(9-15)8-14(22)10-17(16)23/h8,10-12,15,18,25H,4-7,9H2,1-3H3,(H,24,26,27)/t15?,18-/m0/s1. The first-order valence-electron chi connectivity index (χ1n) is 9.86. The summed E-state index contributed by atoms with van der Waals surface area (Å²) in [6.07, 6.45) is 5.13. The first-order chi connectivity index (χ1) is 13.4. The number of halogens is 2. The number of amides is 1. The molecule has 0 bridgehead atoms. The Balaban J connectivity index is 1.66. The fraction of sp³-hybridized carbons (Fsp3) is 0.524. The smallest absolute Gasteiger partial charge is 0.243 e. The molecule has 1 unspecified atom stereocenters. The summed E-state index contributed by atoms with van der Waals surface area (Å²) in [5.41, 5.74) is 1.29. The SMILES string of the molecule is CCC[C@H](NC1CCc2c(F)cc(F)cc2C1)C(=O)Nc1ncc(C(C)C)s1. The minimum atomic E-state index is -0.551. The zero-order valence-electron chi connectivity index (χ0n) is 16.5. The Hall–Kier alpha value is -1.86. The van der Waals surface area contributed by atoms with Gasteiger partial charge in [-0.3, -0.25) is 4.79 Å². The zero-order valence-corrected chi connectivity index (χ0v) is 17.3. The molecule has 152 valence electrons. The quantitative estimate of drug-likeness (QED) is 0.693. The number of carbonyl (C=O) groups excluding carboxylic acids is 1. The Morgan fingerprint density at radius 3 is 2.82 bits per heavy atom. The Morgan fingerprint density at radius 1 is 1.36 bits per heavy atom. The van der Waals surface area contributed by atoms with Gasteiger partial charge in [0.2, 0.25) is 5.91 Å². The highest BCUT2D eigenvalue weighted by Gasteiger charge is 2.27. The number of fused-ring (bicyclic) bond motifs is 1. The third-order valence-electron chi connectivity index (χ3n) is 5.12. The molecule has 1 aromatic carbocycles. The van der Waals surface area contributed by atoms with Crippen LogP contribution in [0.1, 0.15) is 62.0 Å². The lowest BCUT2D eigenvalue weighted by molar-refractivity contribution is -0.118. The average molecular weight is 408 g/mol. The zero-order chi connectivity index (χ0) is 20.3. The van der Waals surface area contributed by atoms with Crippen LogP contribution < -0.4 is 10.6 Å². The van der Waals surface area contributed by atoms with Gasteiger partial charge in [0.15, 0.2) is 5.13 Å². The first-order valence-corrected chi connectivity index (χ1v) is 10.7. The fourth-order valence-electron chi connectivity index (χ4n) is 3.61. The summed E-state index contributed by atoms with van der Waals surface area (Å²) in [7, 11) is 0. The van der Waals surface area contributed by atoms with Crippen molar-refractivity contribution >= 4 is 22.4 Å². The molecular formula is C21H27F2N3OS. The van der Waals surface area contributed by atoms with Crippen LogP contribution in [0.15, 0.2) is 18.3 Å². The van der Waals surface area contributed by atoms with E-state index in [2.05, 4.69) is 29.5 Å². The highest BCUT2D eigenvalue weighted by atomic mass is 32.1.